The van der Waals surface area contributed by atoms with Crippen LogP contribution in [0.15, 0.2) is 24.3 Å². The highest BCUT2D eigenvalue weighted by molar-refractivity contribution is 5.89. The molecule has 1 N–H and O–H groups in total. The maximum absolute atomic E-state index is 10.6. The number of hydrogen-bond acceptors (Lipinski definition) is 9. The van der Waals surface area contributed by atoms with Gasteiger partial charge in [0.15, 0.2) is 11.2 Å². The Hall–Kier alpha value is -3.16. The summed E-state index contributed by atoms with van der Waals surface area (Å²) >= 11 is 0. The van der Waals surface area contributed by atoms with Crippen LogP contribution in [0.25, 0.3) is 0 Å². The van der Waals surface area contributed by atoms with Crippen molar-refractivity contribution >= 4 is 5.90 Å². The molecule has 1 aromatic rings. The highest BCUT2D eigenvalue weighted by Crippen LogP contribution is 2.70. The van der Waals surface area contributed by atoms with Crippen LogP contribution >= 0.6 is 0 Å². The van der Waals surface area contributed by atoms with E-state index in [2.05, 4.69) is 25.1 Å². The summed E-state index contributed by atoms with van der Waals surface area (Å²) in [6, 6.07) is 13.5. The van der Waals surface area contributed by atoms with Crippen LogP contribution in [-0.4, -0.2) is 37.3 Å². The molecule has 4 atom stereocenters. The molecule has 4 unspecified atom stereocenters. The van der Waals surface area contributed by atoms with Gasteiger partial charge in [0.25, 0.3) is 0 Å². The average Bonchev–Trinajstić information content (AvgIpc) is 3.45. The van der Waals surface area contributed by atoms with Gasteiger partial charge in [0.2, 0.25) is 17.1 Å². The van der Waals surface area contributed by atoms with Crippen molar-refractivity contribution < 1.29 is 23.7 Å². The van der Waals surface area contributed by atoms with Gasteiger partial charge in [-0.2, -0.15) is 15.8 Å². The van der Waals surface area contributed by atoms with E-state index in [1.165, 1.54) is 19.3 Å². The van der Waals surface area contributed by atoms with Crippen molar-refractivity contribution in [2.24, 2.45) is 16.7 Å². The number of rotatable bonds is 8. The first-order valence-corrected chi connectivity index (χ1v) is 13.1. The zero-order valence-electron chi connectivity index (χ0n) is 21.1. The van der Waals surface area contributed by atoms with E-state index in [1.54, 1.807) is 24.3 Å². The summed E-state index contributed by atoms with van der Waals surface area (Å²) in [5, 5.41) is 40.2. The van der Waals surface area contributed by atoms with E-state index in [1.807, 2.05) is 0 Å². The van der Waals surface area contributed by atoms with Crippen molar-refractivity contribution in [3.63, 3.8) is 0 Å². The summed E-state index contributed by atoms with van der Waals surface area (Å²) in [6.45, 7) is 3.65. The molecule has 9 heteroatoms. The molecule has 37 heavy (non-hydrogen) atoms. The molecule has 5 rings (SSSR count). The second kappa shape index (κ2) is 9.62. The third kappa shape index (κ3) is 3.70. The number of benzene rings is 1. The van der Waals surface area contributed by atoms with Crippen LogP contribution in [0.5, 0.6) is 5.75 Å². The first-order valence-electron chi connectivity index (χ1n) is 13.1. The van der Waals surface area contributed by atoms with Crippen LogP contribution in [0, 0.1) is 56.2 Å². The van der Waals surface area contributed by atoms with Gasteiger partial charge < -0.3 is 23.7 Å². The van der Waals surface area contributed by atoms with E-state index in [4.69, 9.17) is 29.1 Å². The van der Waals surface area contributed by atoms with Gasteiger partial charge in [-0.25, -0.2) is 0 Å². The number of hydrogen-bond donors (Lipinski definition) is 1. The maximum atomic E-state index is 10.6. The molecular weight excluding hydrogens is 472 g/mol. The molecule has 4 aliphatic rings. The largest absolute Gasteiger partial charge is 0.494 e. The van der Waals surface area contributed by atoms with Crippen LogP contribution in [0.4, 0.5) is 0 Å². The summed E-state index contributed by atoms with van der Waals surface area (Å²) in [5.41, 5.74) is -3.29. The summed E-state index contributed by atoms with van der Waals surface area (Å²) in [4.78, 5) is 0. The van der Waals surface area contributed by atoms with Gasteiger partial charge in [0.1, 0.15) is 11.9 Å². The fourth-order valence-corrected chi connectivity index (χ4v) is 6.48. The molecule has 2 bridgehead atoms. The Bertz CT molecular complexity index is 1140. The number of nitrogens with one attached hydrogen (secondary N) is 1. The van der Waals surface area contributed by atoms with Crippen LogP contribution in [0.3, 0.4) is 0 Å². The highest BCUT2D eigenvalue weighted by atomic mass is 16.7. The van der Waals surface area contributed by atoms with Crippen molar-refractivity contribution in [3.05, 3.63) is 29.8 Å². The topological polar surface area (TPSA) is 141 Å². The van der Waals surface area contributed by atoms with Gasteiger partial charge in [-0.15, -0.1) is 0 Å². The molecule has 9 nitrogen and oxygen atoms in total. The van der Waals surface area contributed by atoms with Crippen molar-refractivity contribution in [2.75, 3.05) is 19.8 Å². The standard InChI is InChI=1S/C28H32N4O5/c1-2-3-4-5-6-13-33-21-9-7-20(8-10-21)23-25(17-29,18-30)27(19-31)22-16-26(34-14-15-35-26)11-12-28(22,36-23)37-24(27)32/h7-10,22-23,32H,2-6,11-16H2,1H3. The molecule has 0 amide bonds. The first-order chi connectivity index (χ1) is 17.9. The number of ether oxygens (including phenoxy) is 5. The Morgan fingerprint density at radius 1 is 0.973 bits per heavy atom. The van der Waals surface area contributed by atoms with Crippen molar-refractivity contribution in [1.29, 1.82) is 21.2 Å². The van der Waals surface area contributed by atoms with Gasteiger partial charge in [0.05, 0.1) is 43.9 Å². The monoisotopic (exact) mass is 504 g/mol. The highest BCUT2D eigenvalue weighted by Gasteiger charge is 2.82. The molecule has 194 valence electrons. The Balaban J connectivity index is 1.44. The predicted molar refractivity (Wildman–Crippen MR) is 130 cm³/mol. The normalized spacial score (nSPS) is 32.5. The minimum Gasteiger partial charge on any atom is -0.494 e. The Morgan fingerprint density at radius 3 is 2.32 bits per heavy atom. The van der Waals surface area contributed by atoms with Crippen molar-refractivity contribution in [2.45, 2.75) is 76.0 Å². The number of nitriles is 3. The molecule has 0 radical (unpaired) electrons. The lowest BCUT2D eigenvalue weighted by Gasteiger charge is -2.54. The van der Waals surface area contributed by atoms with Gasteiger partial charge in [-0.1, -0.05) is 44.7 Å². The van der Waals surface area contributed by atoms with E-state index >= 15 is 0 Å². The number of nitrogens with zero attached hydrogens (tertiary/aromatic N) is 3. The minimum atomic E-state index is -2.01. The molecule has 3 saturated heterocycles. The summed E-state index contributed by atoms with van der Waals surface area (Å²) in [5.74, 6) is -2.73. The molecule has 3 heterocycles. The maximum Gasteiger partial charge on any atom is 0.218 e. The van der Waals surface area contributed by atoms with Crippen LogP contribution in [0.2, 0.25) is 0 Å². The molecule has 1 saturated carbocycles. The second-order valence-electron chi connectivity index (χ2n) is 10.4. The molecule has 1 spiro atoms. The van der Waals surface area contributed by atoms with Crippen LogP contribution < -0.4 is 4.74 Å². The number of unbranched alkanes of at least 4 members (excludes halogenated alkanes) is 4. The molecular formula is C28H32N4O5. The molecule has 0 aromatic heterocycles. The van der Waals surface area contributed by atoms with E-state index in [0.717, 1.165) is 12.8 Å². The summed E-state index contributed by atoms with van der Waals surface area (Å²) < 4.78 is 30.2. The zero-order chi connectivity index (χ0) is 26.2. The zero-order valence-corrected chi connectivity index (χ0v) is 21.1. The lowest BCUT2D eigenvalue weighted by molar-refractivity contribution is -0.330. The lowest BCUT2D eigenvalue weighted by atomic mass is 9.51. The third-order valence-electron chi connectivity index (χ3n) is 8.43. The first kappa shape index (κ1) is 25.5. The fraction of sp³-hybridized carbons (Fsp3) is 0.643. The van der Waals surface area contributed by atoms with Crippen molar-refractivity contribution in [3.8, 4) is 24.0 Å². The smallest absolute Gasteiger partial charge is 0.218 e. The molecule has 3 aliphatic heterocycles. The Kier molecular flexibility index (Phi) is 6.62. The van der Waals surface area contributed by atoms with Gasteiger partial charge in [0, 0.05) is 19.3 Å². The van der Waals surface area contributed by atoms with Crippen LogP contribution in [0.1, 0.15) is 70.0 Å². The quantitative estimate of drug-likeness (QED) is 0.493. The SMILES string of the molecule is CCCCCCCOc1ccc(C2OC34CCC5(CC3C(C#N)(C(=N)O4)C2(C#N)C#N)OCCO5)cc1. The Labute approximate surface area is 217 Å². The lowest BCUT2D eigenvalue weighted by Crippen LogP contribution is -2.63. The summed E-state index contributed by atoms with van der Waals surface area (Å²) in [7, 11) is 0. The summed E-state index contributed by atoms with van der Waals surface area (Å²) in [6.07, 6.45) is 5.59. The van der Waals surface area contributed by atoms with Crippen LogP contribution in [-0.2, 0) is 18.9 Å². The Morgan fingerprint density at radius 2 is 1.68 bits per heavy atom. The van der Waals surface area contributed by atoms with E-state index < -0.39 is 40.3 Å². The molecule has 4 fully saturated rings. The average molecular weight is 505 g/mol. The molecule has 1 aliphatic carbocycles. The van der Waals surface area contributed by atoms with E-state index in [0.29, 0.717) is 44.0 Å². The fourth-order valence-electron chi connectivity index (χ4n) is 6.48. The van der Waals surface area contributed by atoms with E-state index in [-0.39, 0.29) is 6.42 Å². The van der Waals surface area contributed by atoms with Gasteiger partial charge in [-0.05, 0) is 24.1 Å². The van der Waals surface area contributed by atoms with Gasteiger partial charge >= 0.3 is 0 Å². The third-order valence-corrected chi connectivity index (χ3v) is 8.43. The minimum absolute atomic E-state index is 0.200. The molecule has 1 aromatic carbocycles. The van der Waals surface area contributed by atoms with Crippen molar-refractivity contribution in [1.82, 2.24) is 0 Å². The van der Waals surface area contributed by atoms with Gasteiger partial charge in [-0.3, -0.25) is 5.41 Å². The predicted octanol–water partition coefficient (Wildman–Crippen LogP) is 4.90. The second-order valence-corrected chi connectivity index (χ2v) is 10.4. The van der Waals surface area contributed by atoms with E-state index in [9.17, 15) is 15.8 Å².